The average molecular weight is 241 g/mol. The lowest BCUT2D eigenvalue weighted by molar-refractivity contribution is 0.298. The molecule has 0 aliphatic heterocycles. The first-order valence-corrected chi connectivity index (χ1v) is 6.93. The standard InChI is InChI=1S/C12H23N3S/c1-5-15(6-2)8-7-13-11(4)12-14-10(3)9-16-12/h9,11,13H,5-8H2,1-4H3. The Morgan fingerprint density at radius 2 is 2.12 bits per heavy atom. The fourth-order valence-corrected chi connectivity index (χ4v) is 2.47. The van der Waals surface area contributed by atoms with Gasteiger partial charge in [0.25, 0.3) is 0 Å². The van der Waals surface area contributed by atoms with Crippen LogP contribution in [0.1, 0.15) is 37.5 Å². The fourth-order valence-electron chi connectivity index (χ4n) is 1.64. The van der Waals surface area contributed by atoms with Crippen LogP contribution in [0, 0.1) is 6.92 Å². The lowest BCUT2D eigenvalue weighted by Gasteiger charge is -2.19. The highest BCUT2D eigenvalue weighted by Crippen LogP contribution is 2.16. The smallest absolute Gasteiger partial charge is 0.110 e. The minimum atomic E-state index is 0.370. The topological polar surface area (TPSA) is 28.2 Å². The number of nitrogens with zero attached hydrogens (tertiary/aromatic N) is 2. The summed E-state index contributed by atoms with van der Waals surface area (Å²) in [6.45, 7) is 13.0. The Morgan fingerprint density at radius 3 is 2.62 bits per heavy atom. The minimum Gasteiger partial charge on any atom is -0.307 e. The summed E-state index contributed by atoms with van der Waals surface area (Å²) in [7, 11) is 0. The summed E-state index contributed by atoms with van der Waals surface area (Å²) in [5, 5.41) is 6.82. The third kappa shape index (κ3) is 4.20. The van der Waals surface area contributed by atoms with Crippen molar-refractivity contribution in [2.45, 2.75) is 33.7 Å². The van der Waals surface area contributed by atoms with Crippen molar-refractivity contribution in [1.82, 2.24) is 15.2 Å². The van der Waals surface area contributed by atoms with Gasteiger partial charge in [0.1, 0.15) is 5.01 Å². The number of aromatic nitrogens is 1. The first-order valence-electron chi connectivity index (χ1n) is 6.05. The predicted octanol–water partition coefficient (Wildman–Crippen LogP) is 2.44. The summed E-state index contributed by atoms with van der Waals surface area (Å²) in [6, 6.07) is 0.370. The number of hydrogen-bond donors (Lipinski definition) is 1. The van der Waals surface area contributed by atoms with Gasteiger partial charge >= 0.3 is 0 Å². The van der Waals surface area contributed by atoms with Gasteiger partial charge in [-0.25, -0.2) is 4.98 Å². The van der Waals surface area contributed by atoms with Crippen LogP contribution in [0.4, 0.5) is 0 Å². The molecule has 0 aliphatic carbocycles. The summed E-state index contributed by atoms with van der Waals surface area (Å²) >= 11 is 1.74. The number of aryl methyl sites for hydroxylation is 1. The summed E-state index contributed by atoms with van der Waals surface area (Å²) < 4.78 is 0. The van der Waals surface area contributed by atoms with Crippen molar-refractivity contribution < 1.29 is 0 Å². The van der Waals surface area contributed by atoms with E-state index in [9.17, 15) is 0 Å². The molecule has 4 heteroatoms. The number of rotatable bonds is 7. The molecule has 0 saturated carbocycles. The van der Waals surface area contributed by atoms with Crippen LogP contribution in [-0.4, -0.2) is 36.1 Å². The predicted molar refractivity (Wildman–Crippen MR) is 71.1 cm³/mol. The van der Waals surface area contributed by atoms with Crippen LogP contribution in [-0.2, 0) is 0 Å². The van der Waals surface area contributed by atoms with E-state index in [1.165, 1.54) is 5.01 Å². The zero-order valence-electron chi connectivity index (χ0n) is 10.8. The van der Waals surface area contributed by atoms with Crippen molar-refractivity contribution in [2.75, 3.05) is 26.2 Å². The Kier molecular flexibility index (Phi) is 5.95. The van der Waals surface area contributed by atoms with Gasteiger partial charge in [-0.2, -0.15) is 0 Å². The zero-order valence-corrected chi connectivity index (χ0v) is 11.6. The molecule has 0 saturated heterocycles. The van der Waals surface area contributed by atoms with Gasteiger partial charge < -0.3 is 10.2 Å². The highest BCUT2D eigenvalue weighted by atomic mass is 32.1. The van der Waals surface area contributed by atoms with E-state index in [0.29, 0.717) is 6.04 Å². The van der Waals surface area contributed by atoms with Gasteiger partial charge in [-0.15, -0.1) is 11.3 Å². The van der Waals surface area contributed by atoms with Gasteiger partial charge in [0.15, 0.2) is 0 Å². The van der Waals surface area contributed by atoms with Gasteiger partial charge in [0.2, 0.25) is 0 Å². The highest BCUT2D eigenvalue weighted by Gasteiger charge is 2.08. The number of thiazole rings is 1. The largest absolute Gasteiger partial charge is 0.307 e. The number of likely N-dealkylation sites (N-methyl/N-ethyl adjacent to an activating group) is 1. The molecule has 16 heavy (non-hydrogen) atoms. The van der Waals surface area contributed by atoms with Gasteiger partial charge in [0.05, 0.1) is 6.04 Å². The van der Waals surface area contributed by atoms with Crippen LogP contribution in [0.25, 0.3) is 0 Å². The maximum Gasteiger partial charge on any atom is 0.110 e. The minimum absolute atomic E-state index is 0.370. The van der Waals surface area contributed by atoms with Crippen molar-refractivity contribution in [1.29, 1.82) is 0 Å². The third-order valence-electron chi connectivity index (χ3n) is 2.78. The van der Waals surface area contributed by atoms with E-state index in [0.717, 1.165) is 31.9 Å². The second kappa shape index (κ2) is 6.99. The van der Waals surface area contributed by atoms with Crippen LogP contribution in [0.5, 0.6) is 0 Å². The average Bonchev–Trinajstić information content (AvgIpc) is 2.71. The van der Waals surface area contributed by atoms with E-state index < -0.39 is 0 Å². The molecule has 1 rings (SSSR count). The molecule has 1 aromatic heterocycles. The van der Waals surface area contributed by atoms with Crippen molar-refractivity contribution in [3.05, 3.63) is 16.1 Å². The Balaban J connectivity index is 2.27. The first kappa shape index (κ1) is 13.6. The fraction of sp³-hybridized carbons (Fsp3) is 0.750. The number of hydrogen-bond acceptors (Lipinski definition) is 4. The number of nitrogens with one attached hydrogen (secondary N) is 1. The SMILES string of the molecule is CCN(CC)CCNC(C)c1nc(C)cs1. The molecule has 0 fully saturated rings. The van der Waals surface area contributed by atoms with Crippen molar-refractivity contribution in [2.24, 2.45) is 0 Å². The van der Waals surface area contributed by atoms with Crippen molar-refractivity contribution >= 4 is 11.3 Å². The molecule has 1 heterocycles. The van der Waals surface area contributed by atoms with Crippen LogP contribution in [0.3, 0.4) is 0 Å². The Hall–Kier alpha value is -0.450. The lowest BCUT2D eigenvalue weighted by atomic mass is 10.3. The molecule has 3 nitrogen and oxygen atoms in total. The van der Waals surface area contributed by atoms with E-state index in [4.69, 9.17) is 0 Å². The Morgan fingerprint density at radius 1 is 1.44 bits per heavy atom. The van der Waals surface area contributed by atoms with E-state index >= 15 is 0 Å². The second-order valence-electron chi connectivity index (χ2n) is 4.03. The molecule has 0 aliphatic rings. The Labute approximate surface area is 103 Å². The molecule has 1 N–H and O–H groups in total. The summed E-state index contributed by atoms with van der Waals surface area (Å²) in [5.41, 5.74) is 1.12. The van der Waals surface area contributed by atoms with E-state index in [1.54, 1.807) is 11.3 Å². The van der Waals surface area contributed by atoms with E-state index in [-0.39, 0.29) is 0 Å². The molecule has 92 valence electrons. The zero-order chi connectivity index (χ0) is 12.0. The van der Waals surface area contributed by atoms with Crippen LogP contribution >= 0.6 is 11.3 Å². The van der Waals surface area contributed by atoms with Crippen LogP contribution in [0.15, 0.2) is 5.38 Å². The lowest BCUT2D eigenvalue weighted by Crippen LogP contribution is -2.33. The highest BCUT2D eigenvalue weighted by molar-refractivity contribution is 7.09. The molecule has 0 aromatic carbocycles. The van der Waals surface area contributed by atoms with Gasteiger partial charge in [0, 0.05) is 24.2 Å². The van der Waals surface area contributed by atoms with Gasteiger partial charge in [-0.05, 0) is 26.9 Å². The quantitative estimate of drug-likeness (QED) is 0.795. The molecule has 1 unspecified atom stereocenters. The molecule has 0 spiro atoms. The molecule has 1 atom stereocenters. The maximum absolute atomic E-state index is 4.49. The van der Waals surface area contributed by atoms with Gasteiger partial charge in [-0.3, -0.25) is 0 Å². The van der Waals surface area contributed by atoms with E-state index in [1.807, 2.05) is 6.92 Å². The molecule has 0 amide bonds. The normalized spacial score (nSPS) is 13.3. The summed E-state index contributed by atoms with van der Waals surface area (Å²) in [4.78, 5) is 6.91. The monoisotopic (exact) mass is 241 g/mol. The molecule has 1 aromatic rings. The third-order valence-corrected chi connectivity index (χ3v) is 3.93. The summed E-state index contributed by atoms with van der Waals surface area (Å²) in [5.74, 6) is 0. The maximum atomic E-state index is 4.49. The second-order valence-corrected chi connectivity index (χ2v) is 4.92. The summed E-state index contributed by atoms with van der Waals surface area (Å²) in [6.07, 6.45) is 0. The molecule has 0 bridgehead atoms. The van der Waals surface area contributed by atoms with Crippen LogP contribution in [0.2, 0.25) is 0 Å². The molecular formula is C12H23N3S. The van der Waals surface area contributed by atoms with Crippen molar-refractivity contribution in [3.63, 3.8) is 0 Å². The Bertz CT molecular complexity index is 294. The molecular weight excluding hydrogens is 218 g/mol. The van der Waals surface area contributed by atoms with Gasteiger partial charge in [-0.1, -0.05) is 13.8 Å². The van der Waals surface area contributed by atoms with Crippen molar-refractivity contribution in [3.8, 4) is 0 Å². The molecule has 0 radical (unpaired) electrons. The van der Waals surface area contributed by atoms with Crippen LogP contribution < -0.4 is 5.32 Å². The first-order chi connectivity index (χ1) is 7.67. The van der Waals surface area contributed by atoms with E-state index in [2.05, 4.69) is 41.4 Å².